The number of carbonyl (C=O) groups excluding carboxylic acids is 1. The molecule has 1 aliphatic carbocycles. The fourth-order valence-corrected chi connectivity index (χ4v) is 3.87. The molecule has 23 heavy (non-hydrogen) atoms. The summed E-state index contributed by atoms with van der Waals surface area (Å²) in [6.45, 7) is 3.33. The summed E-state index contributed by atoms with van der Waals surface area (Å²) in [7, 11) is 1.73. The van der Waals surface area contributed by atoms with Crippen molar-refractivity contribution in [2.45, 2.75) is 31.6 Å². The third-order valence-electron chi connectivity index (χ3n) is 4.42. The molecule has 132 valence electrons. The lowest BCUT2D eigenvalue weighted by Crippen LogP contribution is -2.47. The molecule has 0 bridgehead atoms. The van der Waals surface area contributed by atoms with Gasteiger partial charge in [-0.15, -0.1) is 36.2 Å². The fraction of sp³-hybridized carbons (Fsp3) is 0.733. The van der Waals surface area contributed by atoms with Gasteiger partial charge in [-0.2, -0.15) is 0 Å². The molecule has 3 rings (SSSR count). The van der Waals surface area contributed by atoms with E-state index in [-0.39, 0.29) is 36.1 Å². The van der Waals surface area contributed by atoms with E-state index in [4.69, 9.17) is 4.74 Å². The van der Waals surface area contributed by atoms with E-state index in [1.54, 1.807) is 18.4 Å². The number of hydrogen-bond donors (Lipinski definition) is 2. The van der Waals surface area contributed by atoms with Crippen molar-refractivity contribution in [2.75, 3.05) is 33.4 Å². The molecular formula is C15H25Cl2N3O2S. The quantitative estimate of drug-likeness (QED) is 0.794. The Kier molecular flexibility index (Phi) is 8.24. The minimum Gasteiger partial charge on any atom is -0.384 e. The third-order valence-corrected chi connectivity index (χ3v) is 5.43. The van der Waals surface area contributed by atoms with Gasteiger partial charge in [-0.3, -0.25) is 4.79 Å². The van der Waals surface area contributed by atoms with E-state index in [1.165, 1.54) is 12.8 Å². The van der Waals surface area contributed by atoms with Gasteiger partial charge in [0, 0.05) is 30.4 Å². The molecule has 0 radical (unpaired) electrons. The summed E-state index contributed by atoms with van der Waals surface area (Å²) in [5.41, 5.74) is 0.633. The number of nitrogens with one attached hydrogen (secondary N) is 2. The van der Waals surface area contributed by atoms with Gasteiger partial charge in [0.05, 0.1) is 11.6 Å². The topological polar surface area (TPSA) is 63.2 Å². The van der Waals surface area contributed by atoms with Crippen molar-refractivity contribution in [3.8, 4) is 0 Å². The number of piperidine rings is 1. The largest absolute Gasteiger partial charge is 0.384 e. The molecule has 0 atom stereocenters. The summed E-state index contributed by atoms with van der Waals surface area (Å²) in [5, 5.41) is 9.43. The van der Waals surface area contributed by atoms with Gasteiger partial charge in [0.15, 0.2) is 0 Å². The molecule has 2 N–H and O–H groups in total. The molecule has 0 aromatic carbocycles. The van der Waals surface area contributed by atoms with Crippen LogP contribution in [0.4, 0.5) is 0 Å². The Bertz CT molecular complexity index is 497. The van der Waals surface area contributed by atoms with Crippen LogP contribution in [0.25, 0.3) is 0 Å². The van der Waals surface area contributed by atoms with Gasteiger partial charge < -0.3 is 15.4 Å². The maximum absolute atomic E-state index is 12.3. The van der Waals surface area contributed by atoms with Crippen molar-refractivity contribution in [1.29, 1.82) is 0 Å². The van der Waals surface area contributed by atoms with Gasteiger partial charge in [0.1, 0.15) is 5.69 Å². The van der Waals surface area contributed by atoms with Gasteiger partial charge in [-0.1, -0.05) is 0 Å². The number of thiazole rings is 1. The first-order chi connectivity index (χ1) is 10.2. The number of carbonyl (C=O) groups is 1. The van der Waals surface area contributed by atoms with Crippen LogP contribution < -0.4 is 10.6 Å². The number of aromatic nitrogens is 1. The lowest BCUT2D eigenvalue weighted by atomic mass is 9.79. The van der Waals surface area contributed by atoms with Gasteiger partial charge in [0.2, 0.25) is 0 Å². The van der Waals surface area contributed by atoms with E-state index >= 15 is 0 Å². The standard InChI is InChI=1S/C15H23N3O2S.2ClH/c1-20-10-15(4-6-16-7-5-15)9-17-13(19)12-8-21-14(18-12)11-2-3-11;;/h8,11,16H,2-7,9-10H2,1H3,(H,17,19);2*1H. The Morgan fingerprint density at radius 2 is 2.13 bits per heavy atom. The second kappa shape index (κ2) is 9.18. The number of rotatable bonds is 6. The smallest absolute Gasteiger partial charge is 0.270 e. The van der Waals surface area contributed by atoms with Crippen LogP contribution in [0.15, 0.2) is 5.38 Å². The van der Waals surface area contributed by atoms with E-state index < -0.39 is 0 Å². The zero-order valence-corrected chi connectivity index (χ0v) is 15.7. The molecule has 5 nitrogen and oxygen atoms in total. The second-order valence-corrected chi connectivity index (χ2v) is 7.10. The molecule has 2 aliphatic rings. The molecule has 1 saturated carbocycles. The first-order valence-corrected chi connectivity index (χ1v) is 8.54. The minimum absolute atomic E-state index is 0. The maximum Gasteiger partial charge on any atom is 0.270 e. The first-order valence-electron chi connectivity index (χ1n) is 7.66. The number of nitrogens with zero attached hydrogens (tertiary/aromatic N) is 1. The van der Waals surface area contributed by atoms with Gasteiger partial charge in [-0.25, -0.2) is 4.98 Å². The van der Waals surface area contributed by atoms with Crippen LogP contribution in [-0.2, 0) is 4.74 Å². The minimum atomic E-state index is -0.0489. The Balaban J connectivity index is 0.00000132. The monoisotopic (exact) mass is 381 g/mol. The molecule has 1 aromatic rings. The van der Waals surface area contributed by atoms with Crippen LogP contribution in [0.3, 0.4) is 0 Å². The number of methoxy groups -OCH3 is 1. The van der Waals surface area contributed by atoms with E-state index in [0.717, 1.165) is 30.9 Å². The van der Waals surface area contributed by atoms with Crippen molar-refractivity contribution in [3.63, 3.8) is 0 Å². The Labute approximate surface area is 153 Å². The Hall–Kier alpha value is -0.400. The van der Waals surface area contributed by atoms with Crippen LogP contribution in [-0.4, -0.2) is 44.2 Å². The molecule has 1 aliphatic heterocycles. The molecule has 8 heteroatoms. The van der Waals surface area contributed by atoms with Crippen LogP contribution >= 0.6 is 36.2 Å². The number of hydrogen-bond acceptors (Lipinski definition) is 5. The van der Waals surface area contributed by atoms with Crippen LogP contribution in [0.5, 0.6) is 0 Å². The maximum atomic E-state index is 12.3. The number of ether oxygens (including phenoxy) is 1. The summed E-state index contributed by atoms with van der Waals surface area (Å²) in [4.78, 5) is 16.7. The summed E-state index contributed by atoms with van der Waals surface area (Å²) >= 11 is 1.61. The lowest BCUT2D eigenvalue weighted by molar-refractivity contribution is 0.0511. The number of amides is 1. The lowest BCUT2D eigenvalue weighted by Gasteiger charge is -2.37. The van der Waals surface area contributed by atoms with Gasteiger partial charge in [0.25, 0.3) is 5.91 Å². The fourth-order valence-electron chi connectivity index (χ4n) is 2.90. The van der Waals surface area contributed by atoms with E-state index in [2.05, 4.69) is 15.6 Å². The SMILES string of the molecule is COCC1(CNC(=O)c2csc(C3CC3)n2)CCNCC1.Cl.Cl. The Morgan fingerprint density at radius 1 is 1.43 bits per heavy atom. The van der Waals surface area contributed by atoms with Crippen LogP contribution in [0.1, 0.15) is 47.1 Å². The molecule has 2 heterocycles. The van der Waals surface area contributed by atoms with Gasteiger partial charge >= 0.3 is 0 Å². The highest BCUT2D eigenvalue weighted by Crippen LogP contribution is 2.41. The van der Waals surface area contributed by atoms with Crippen molar-refractivity contribution in [3.05, 3.63) is 16.1 Å². The highest BCUT2D eigenvalue weighted by molar-refractivity contribution is 7.10. The zero-order chi connectivity index (χ0) is 14.7. The molecule has 1 amide bonds. The average molecular weight is 382 g/mol. The van der Waals surface area contributed by atoms with Crippen molar-refractivity contribution < 1.29 is 9.53 Å². The highest BCUT2D eigenvalue weighted by atomic mass is 35.5. The molecule has 0 spiro atoms. The van der Waals surface area contributed by atoms with Crippen LogP contribution in [0.2, 0.25) is 0 Å². The molecule has 0 unspecified atom stereocenters. The highest BCUT2D eigenvalue weighted by Gasteiger charge is 2.33. The van der Waals surface area contributed by atoms with Crippen molar-refractivity contribution >= 4 is 42.1 Å². The van der Waals surface area contributed by atoms with Crippen LogP contribution in [0, 0.1) is 5.41 Å². The van der Waals surface area contributed by atoms with Crippen molar-refractivity contribution in [2.24, 2.45) is 5.41 Å². The van der Waals surface area contributed by atoms with Gasteiger partial charge in [-0.05, 0) is 38.8 Å². The molecule has 1 aromatic heterocycles. The van der Waals surface area contributed by atoms with E-state index in [1.807, 2.05) is 5.38 Å². The predicted octanol–water partition coefficient (Wildman–Crippen LogP) is 2.61. The predicted molar refractivity (Wildman–Crippen MR) is 97.3 cm³/mol. The zero-order valence-electron chi connectivity index (χ0n) is 13.3. The van der Waals surface area contributed by atoms with E-state index in [0.29, 0.717) is 24.8 Å². The number of halogens is 2. The second-order valence-electron chi connectivity index (χ2n) is 6.21. The molecule has 1 saturated heterocycles. The summed E-state index contributed by atoms with van der Waals surface area (Å²) in [5.74, 6) is 0.563. The van der Waals surface area contributed by atoms with Crippen molar-refractivity contribution in [1.82, 2.24) is 15.6 Å². The normalized spacial score (nSPS) is 19.3. The molecular weight excluding hydrogens is 357 g/mol. The Morgan fingerprint density at radius 3 is 2.74 bits per heavy atom. The summed E-state index contributed by atoms with van der Waals surface area (Å²) in [6, 6.07) is 0. The average Bonchev–Trinajstić information content (AvgIpc) is 3.24. The summed E-state index contributed by atoms with van der Waals surface area (Å²) < 4.78 is 5.37. The third kappa shape index (κ3) is 5.29. The summed E-state index contributed by atoms with van der Waals surface area (Å²) in [6.07, 6.45) is 4.51. The first kappa shape index (κ1) is 20.6. The van der Waals surface area contributed by atoms with E-state index in [9.17, 15) is 4.79 Å². The molecule has 2 fully saturated rings.